The number of hydrogen-bond donors (Lipinski definition) is 0. The smallest absolute Gasteiger partial charge is 0.376 e. The van der Waals surface area contributed by atoms with Crippen LogP contribution in [0.15, 0.2) is 34.5 Å². The van der Waals surface area contributed by atoms with Gasteiger partial charge < -0.3 is 14.1 Å². The van der Waals surface area contributed by atoms with Crippen LogP contribution in [0.3, 0.4) is 0 Å². The maximum Gasteiger partial charge on any atom is 0.416 e. The van der Waals surface area contributed by atoms with Gasteiger partial charge in [0, 0.05) is 24.6 Å². The molecule has 0 aliphatic carbocycles. The summed E-state index contributed by atoms with van der Waals surface area (Å²) in [6.07, 6.45) is -0.975. The topological polar surface area (TPSA) is 82.3 Å². The summed E-state index contributed by atoms with van der Waals surface area (Å²) in [6.45, 7) is 9.88. The summed E-state index contributed by atoms with van der Waals surface area (Å²) in [6, 6.07) is 2.46. The summed E-state index contributed by atoms with van der Waals surface area (Å²) in [7, 11) is 0. The first-order chi connectivity index (χ1) is 16.3. The van der Waals surface area contributed by atoms with Crippen LogP contribution in [0.2, 0.25) is 0 Å². The van der Waals surface area contributed by atoms with Crippen LogP contribution in [0, 0.1) is 0 Å². The number of benzene rings is 1. The molecule has 0 saturated carbocycles. The van der Waals surface area contributed by atoms with Gasteiger partial charge in [0.2, 0.25) is 0 Å². The third-order valence-corrected chi connectivity index (χ3v) is 6.85. The first-order valence-corrected chi connectivity index (χ1v) is 11.9. The van der Waals surface area contributed by atoms with Crippen molar-refractivity contribution in [2.24, 2.45) is 10.1 Å². The summed E-state index contributed by atoms with van der Waals surface area (Å²) in [5.74, 6) is -1.52. The fourth-order valence-corrected chi connectivity index (χ4v) is 4.29. The third kappa shape index (κ3) is 6.88. The molecule has 7 nitrogen and oxygen atoms in total. The van der Waals surface area contributed by atoms with E-state index < -0.39 is 23.2 Å². The molecule has 1 aliphatic rings. The Morgan fingerprint density at radius 2 is 1.94 bits per heavy atom. The molecule has 0 bridgehead atoms. The number of rotatable bonds is 6. The van der Waals surface area contributed by atoms with E-state index in [0.29, 0.717) is 24.0 Å². The highest BCUT2D eigenvalue weighted by atomic mass is 32.1. The van der Waals surface area contributed by atoms with Crippen LogP contribution in [0.1, 0.15) is 68.3 Å². The monoisotopic (exact) mass is 511 g/mol. The number of carbonyl (C=O) groups is 2. The van der Waals surface area contributed by atoms with Crippen molar-refractivity contribution >= 4 is 28.7 Å². The Kier molecular flexibility index (Phi) is 8.00. The number of oxime groups is 1. The summed E-state index contributed by atoms with van der Waals surface area (Å²) >= 11 is 1.30. The Morgan fingerprint density at radius 1 is 1.23 bits per heavy atom. The van der Waals surface area contributed by atoms with Gasteiger partial charge in [0.25, 0.3) is 5.91 Å². The minimum absolute atomic E-state index is 0.00252. The van der Waals surface area contributed by atoms with Gasteiger partial charge >= 0.3 is 6.18 Å². The van der Waals surface area contributed by atoms with E-state index in [2.05, 4.69) is 10.1 Å². The molecule has 1 saturated heterocycles. The first-order valence-electron chi connectivity index (χ1n) is 11.1. The van der Waals surface area contributed by atoms with E-state index in [0.717, 1.165) is 29.9 Å². The number of halogens is 3. The predicted octanol–water partition coefficient (Wildman–Crippen LogP) is 5.13. The molecule has 1 atom stereocenters. The lowest BCUT2D eigenvalue weighted by atomic mass is 9.95. The van der Waals surface area contributed by atoms with E-state index in [4.69, 9.17) is 9.57 Å². The number of hydrogen-bond acceptors (Lipinski definition) is 6. The average Bonchev–Trinajstić information content (AvgIpc) is 3.41. The van der Waals surface area contributed by atoms with Gasteiger partial charge in [-0.2, -0.15) is 18.2 Å². The Hall–Kier alpha value is -2.79. The molecule has 35 heavy (non-hydrogen) atoms. The predicted molar refractivity (Wildman–Crippen MR) is 126 cm³/mol. The summed E-state index contributed by atoms with van der Waals surface area (Å²) in [5, 5.41) is 3.63. The highest BCUT2D eigenvalue weighted by molar-refractivity contribution is 7.09. The number of ketones is 1. The van der Waals surface area contributed by atoms with Crippen molar-refractivity contribution in [2.75, 3.05) is 6.61 Å². The third-order valence-electron chi connectivity index (χ3n) is 5.41. The van der Waals surface area contributed by atoms with Crippen LogP contribution in [0.25, 0.3) is 0 Å². The second-order valence-corrected chi connectivity index (χ2v) is 10.4. The van der Waals surface area contributed by atoms with Crippen LogP contribution in [-0.4, -0.2) is 34.7 Å². The van der Waals surface area contributed by atoms with Crippen molar-refractivity contribution in [1.82, 2.24) is 4.57 Å². The zero-order valence-corrected chi connectivity index (χ0v) is 21.0. The number of thiazole rings is 1. The molecule has 1 aromatic heterocycles. The standard InChI is InChI=1S/C24H28F3N3O4S/c1-14(15(2)31)29-34-19-9-8-16(24(25,26)27)11-18(19)21(32)28-22-30(12-17-7-6-10-33-17)13-20(35-22)23(3,4)5/h8-9,11,13,17H,6-7,10,12H2,1-5H3/b28-22-,29-14+/t17-/m1/s1. The molecular formula is C24H28F3N3O4S. The van der Waals surface area contributed by atoms with Gasteiger partial charge in [0.1, 0.15) is 5.71 Å². The van der Waals surface area contributed by atoms with E-state index in [-0.39, 0.29) is 28.8 Å². The number of ether oxygens (including phenoxy) is 1. The fourth-order valence-electron chi connectivity index (χ4n) is 3.23. The second-order valence-electron chi connectivity index (χ2n) is 9.37. The number of alkyl halides is 3. The summed E-state index contributed by atoms with van der Waals surface area (Å²) in [5.41, 5.74) is -1.65. The molecule has 0 radical (unpaired) electrons. The minimum atomic E-state index is -4.67. The van der Waals surface area contributed by atoms with Crippen LogP contribution >= 0.6 is 11.3 Å². The Bertz CT molecular complexity index is 1200. The lowest BCUT2D eigenvalue weighted by Crippen LogP contribution is -2.23. The van der Waals surface area contributed by atoms with Crippen molar-refractivity contribution < 1.29 is 32.3 Å². The van der Waals surface area contributed by atoms with Gasteiger partial charge in [-0.25, -0.2) is 0 Å². The molecule has 0 spiro atoms. The van der Waals surface area contributed by atoms with Gasteiger partial charge in [-0.05, 0) is 43.4 Å². The van der Waals surface area contributed by atoms with Gasteiger partial charge in [0.15, 0.2) is 16.3 Å². The Balaban J connectivity index is 2.08. The number of nitrogens with zero attached hydrogens (tertiary/aromatic N) is 3. The van der Waals surface area contributed by atoms with Gasteiger partial charge in [-0.15, -0.1) is 11.3 Å². The molecule has 0 unspecified atom stereocenters. The molecule has 1 aliphatic heterocycles. The lowest BCUT2D eigenvalue weighted by Gasteiger charge is -2.15. The molecule has 11 heteroatoms. The Morgan fingerprint density at radius 3 is 2.51 bits per heavy atom. The van der Waals surface area contributed by atoms with Crippen LogP contribution in [-0.2, 0) is 27.7 Å². The maximum atomic E-state index is 13.4. The molecule has 0 N–H and O–H groups in total. The molecular weight excluding hydrogens is 483 g/mol. The normalized spacial score (nSPS) is 17.7. The van der Waals surface area contributed by atoms with Crippen molar-refractivity contribution in [3.8, 4) is 5.75 Å². The number of carbonyl (C=O) groups excluding carboxylic acids is 2. The molecule has 1 aromatic carbocycles. The van der Waals surface area contributed by atoms with Crippen molar-refractivity contribution in [1.29, 1.82) is 0 Å². The SMILES string of the molecule is CC(=O)/C(C)=N/Oc1ccc(C(F)(F)F)cc1C(=O)/N=c1\sc(C(C)(C)C)cn1C[C@H]1CCCO1. The summed E-state index contributed by atoms with van der Waals surface area (Å²) in [4.78, 5) is 35.3. The van der Waals surface area contributed by atoms with Crippen molar-refractivity contribution in [3.63, 3.8) is 0 Å². The lowest BCUT2D eigenvalue weighted by molar-refractivity contribution is -0.137. The molecule has 190 valence electrons. The number of Topliss-reactive ketones (excluding diaryl/α,β-unsaturated/α-hetero) is 1. The molecule has 2 aromatic rings. The molecule has 2 heterocycles. The van der Waals surface area contributed by atoms with Gasteiger partial charge in [-0.3, -0.25) is 9.59 Å². The summed E-state index contributed by atoms with van der Waals surface area (Å²) < 4.78 is 47.6. The second kappa shape index (κ2) is 10.4. The molecule has 1 amide bonds. The highest BCUT2D eigenvalue weighted by Gasteiger charge is 2.32. The Labute approximate surface area is 205 Å². The van der Waals surface area contributed by atoms with E-state index in [9.17, 15) is 22.8 Å². The van der Waals surface area contributed by atoms with E-state index in [1.54, 1.807) is 0 Å². The van der Waals surface area contributed by atoms with Crippen LogP contribution in [0.4, 0.5) is 13.2 Å². The van der Waals surface area contributed by atoms with Crippen LogP contribution in [0.5, 0.6) is 5.75 Å². The number of aromatic nitrogens is 1. The largest absolute Gasteiger partial charge is 0.416 e. The maximum absolute atomic E-state index is 13.4. The quantitative estimate of drug-likeness (QED) is 0.398. The van der Waals surface area contributed by atoms with E-state index in [1.807, 2.05) is 31.5 Å². The molecule has 1 fully saturated rings. The van der Waals surface area contributed by atoms with Gasteiger partial charge in [-0.1, -0.05) is 25.9 Å². The van der Waals surface area contributed by atoms with Crippen molar-refractivity contribution in [3.05, 3.63) is 45.2 Å². The zero-order chi connectivity index (χ0) is 26.0. The highest BCUT2D eigenvalue weighted by Crippen LogP contribution is 2.33. The van der Waals surface area contributed by atoms with Crippen LogP contribution < -0.4 is 9.64 Å². The molecule has 3 rings (SSSR count). The minimum Gasteiger partial charge on any atom is -0.376 e. The first kappa shape index (κ1) is 26.8. The fraction of sp³-hybridized carbons (Fsp3) is 0.500. The average molecular weight is 512 g/mol. The van der Waals surface area contributed by atoms with E-state index >= 15 is 0 Å². The van der Waals surface area contributed by atoms with Gasteiger partial charge in [0.05, 0.1) is 23.8 Å². The number of amides is 1. The van der Waals surface area contributed by atoms with E-state index in [1.165, 1.54) is 25.2 Å². The van der Waals surface area contributed by atoms with Crippen molar-refractivity contribution in [2.45, 2.75) is 71.7 Å². The zero-order valence-electron chi connectivity index (χ0n) is 20.2.